The number of nitrogens with two attached hydrogens (primary N) is 1. The second-order valence-electron chi connectivity index (χ2n) is 7.36. The lowest BCUT2D eigenvalue weighted by Crippen LogP contribution is -2.52. The third kappa shape index (κ3) is 4.19. The fourth-order valence-electron chi connectivity index (χ4n) is 3.63. The van der Waals surface area contributed by atoms with Crippen molar-refractivity contribution in [1.29, 1.82) is 0 Å². The minimum atomic E-state index is -0.734. The highest BCUT2D eigenvalue weighted by atomic mass is 16.5. The monoisotopic (exact) mass is 296 g/mol. The molecule has 0 bridgehead atoms. The van der Waals surface area contributed by atoms with E-state index in [1.54, 1.807) is 0 Å². The van der Waals surface area contributed by atoms with Gasteiger partial charge < -0.3 is 15.4 Å². The van der Waals surface area contributed by atoms with Crippen LogP contribution in [0, 0.1) is 11.8 Å². The Hall–Kier alpha value is -0.610. The number of carbonyl (C=O) groups is 1. The van der Waals surface area contributed by atoms with Crippen LogP contribution in [0.1, 0.15) is 58.8 Å². The van der Waals surface area contributed by atoms with Crippen molar-refractivity contribution in [1.82, 2.24) is 4.90 Å². The summed E-state index contributed by atoms with van der Waals surface area (Å²) in [6.07, 6.45) is 7.85. The van der Waals surface area contributed by atoms with E-state index in [0.29, 0.717) is 0 Å². The first kappa shape index (κ1) is 16.8. The van der Waals surface area contributed by atoms with Gasteiger partial charge in [0.2, 0.25) is 0 Å². The highest BCUT2D eigenvalue weighted by molar-refractivity contribution is 5.81. The van der Waals surface area contributed by atoms with Crippen LogP contribution in [0.25, 0.3) is 0 Å². The number of nitrogens with zero attached hydrogens (tertiary/aromatic N) is 1. The summed E-state index contributed by atoms with van der Waals surface area (Å²) in [6.45, 7) is 6.83. The average Bonchev–Trinajstić information content (AvgIpc) is 3.22. The second kappa shape index (κ2) is 7.10. The smallest absolute Gasteiger partial charge is 0.326 e. The third-order valence-corrected chi connectivity index (χ3v) is 5.26. The zero-order valence-electron chi connectivity index (χ0n) is 13.9. The Labute approximate surface area is 129 Å². The molecule has 0 saturated heterocycles. The quantitative estimate of drug-likeness (QED) is 0.699. The number of hydrogen-bond donors (Lipinski definition) is 1. The fourth-order valence-corrected chi connectivity index (χ4v) is 3.63. The number of carbonyl (C=O) groups excluding carboxylic acids is 1. The summed E-state index contributed by atoms with van der Waals surface area (Å²) >= 11 is 0. The lowest BCUT2D eigenvalue weighted by molar-refractivity contribution is -0.148. The Balaban J connectivity index is 1.86. The molecule has 0 amide bonds. The average molecular weight is 296 g/mol. The molecule has 2 fully saturated rings. The van der Waals surface area contributed by atoms with Crippen LogP contribution in [0.15, 0.2) is 0 Å². The first-order chi connectivity index (χ1) is 9.97. The van der Waals surface area contributed by atoms with Crippen LogP contribution in [0.2, 0.25) is 0 Å². The van der Waals surface area contributed by atoms with Crippen molar-refractivity contribution in [2.45, 2.75) is 70.4 Å². The van der Waals surface area contributed by atoms with E-state index in [0.717, 1.165) is 44.2 Å². The molecule has 0 aliphatic heterocycles. The summed E-state index contributed by atoms with van der Waals surface area (Å²) < 4.78 is 4.94. The summed E-state index contributed by atoms with van der Waals surface area (Å²) in [6, 6.07) is 0.787. The molecule has 0 heterocycles. The molecule has 0 aromatic rings. The van der Waals surface area contributed by atoms with E-state index < -0.39 is 5.54 Å². The molecule has 2 atom stereocenters. The molecule has 122 valence electrons. The van der Waals surface area contributed by atoms with Crippen LogP contribution in [-0.4, -0.2) is 42.6 Å². The number of esters is 1. The topological polar surface area (TPSA) is 55.6 Å². The Bertz CT molecular complexity index is 355. The molecular formula is C17H32N2O2. The molecule has 2 aliphatic rings. The molecule has 2 aliphatic carbocycles. The molecule has 0 spiro atoms. The van der Waals surface area contributed by atoms with Crippen LogP contribution in [0.4, 0.5) is 0 Å². The van der Waals surface area contributed by atoms with Crippen molar-refractivity contribution < 1.29 is 9.53 Å². The first-order valence-electron chi connectivity index (χ1n) is 8.58. The maximum Gasteiger partial charge on any atom is 0.326 e. The van der Waals surface area contributed by atoms with Crippen molar-refractivity contribution in [3.05, 3.63) is 0 Å². The minimum Gasteiger partial charge on any atom is -0.468 e. The molecule has 2 unspecified atom stereocenters. The van der Waals surface area contributed by atoms with Crippen molar-refractivity contribution >= 4 is 5.97 Å². The van der Waals surface area contributed by atoms with Crippen LogP contribution < -0.4 is 5.73 Å². The van der Waals surface area contributed by atoms with E-state index in [9.17, 15) is 4.79 Å². The van der Waals surface area contributed by atoms with Gasteiger partial charge in [0.25, 0.3) is 0 Å². The van der Waals surface area contributed by atoms with E-state index in [4.69, 9.17) is 10.5 Å². The first-order valence-corrected chi connectivity index (χ1v) is 8.58. The summed E-state index contributed by atoms with van der Waals surface area (Å²) in [7, 11) is 1.45. The largest absolute Gasteiger partial charge is 0.468 e. The van der Waals surface area contributed by atoms with Gasteiger partial charge in [-0.15, -0.1) is 0 Å². The van der Waals surface area contributed by atoms with Gasteiger partial charge in [0.15, 0.2) is 0 Å². The van der Waals surface area contributed by atoms with E-state index in [2.05, 4.69) is 18.7 Å². The summed E-state index contributed by atoms with van der Waals surface area (Å²) in [4.78, 5) is 14.6. The summed E-state index contributed by atoms with van der Waals surface area (Å²) in [5, 5.41) is 0. The van der Waals surface area contributed by atoms with Gasteiger partial charge >= 0.3 is 5.97 Å². The van der Waals surface area contributed by atoms with E-state index >= 15 is 0 Å². The SMILES string of the molecule is COC(=O)C1(N)CCCC1CCN(CCC(C)C)C1CC1. The maximum atomic E-state index is 12.0. The number of methoxy groups -OCH3 is 1. The van der Waals surface area contributed by atoms with Crippen molar-refractivity contribution in [2.75, 3.05) is 20.2 Å². The summed E-state index contributed by atoms with van der Waals surface area (Å²) in [5.74, 6) is 0.816. The third-order valence-electron chi connectivity index (χ3n) is 5.26. The zero-order chi connectivity index (χ0) is 15.5. The van der Waals surface area contributed by atoms with Crippen LogP contribution in [0.3, 0.4) is 0 Å². The number of hydrogen-bond acceptors (Lipinski definition) is 4. The number of rotatable bonds is 8. The van der Waals surface area contributed by atoms with Crippen molar-refractivity contribution in [3.8, 4) is 0 Å². The van der Waals surface area contributed by atoms with E-state index in [1.165, 1.54) is 32.9 Å². The van der Waals surface area contributed by atoms with Crippen molar-refractivity contribution in [2.24, 2.45) is 17.6 Å². The highest BCUT2D eigenvalue weighted by Gasteiger charge is 2.46. The van der Waals surface area contributed by atoms with Gasteiger partial charge in [0, 0.05) is 6.04 Å². The molecular weight excluding hydrogens is 264 g/mol. The fraction of sp³-hybridized carbons (Fsp3) is 0.941. The lowest BCUT2D eigenvalue weighted by Gasteiger charge is -2.31. The van der Waals surface area contributed by atoms with Gasteiger partial charge in [-0.25, -0.2) is 0 Å². The Kier molecular flexibility index (Phi) is 5.67. The minimum absolute atomic E-state index is 0.217. The molecule has 0 aromatic heterocycles. The van der Waals surface area contributed by atoms with Gasteiger partial charge in [-0.3, -0.25) is 4.79 Å². The predicted molar refractivity (Wildman–Crippen MR) is 84.9 cm³/mol. The number of ether oxygens (including phenoxy) is 1. The Morgan fingerprint density at radius 3 is 2.62 bits per heavy atom. The van der Waals surface area contributed by atoms with Gasteiger partial charge in [0.1, 0.15) is 5.54 Å². The van der Waals surface area contributed by atoms with Gasteiger partial charge in [-0.2, -0.15) is 0 Å². The molecule has 0 aromatic carbocycles. The van der Waals surface area contributed by atoms with Crippen molar-refractivity contribution in [3.63, 3.8) is 0 Å². The molecule has 2 saturated carbocycles. The van der Waals surface area contributed by atoms with Gasteiger partial charge in [0.05, 0.1) is 7.11 Å². The Morgan fingerprint density at radius 2 is 2.05 bits per heavy atom. The standard InChI is InChI=1S/C17H32N2O2/c1-13(2)8-11-19(15-6-7-15)12-9-14-5-4-10-17(14,18)16(20)21-3/h13-15H,4-12,18H2,1-3H3. The lowest BCUT2D eigenvalue weighted by atomic mass is 9.85. The van der Waals surface area contributed by atoms with Crippen LogP contribution in [-0.2, 0) is 9.53 Å². The molecule has 21 heavy (non-hydrogen) atoms. The normalized spacial score (nSPS) is 29.3. The molecule has 4 heteroatoms. The molecule has 2 rings (SSSR count). The van der Waals surface area contributed by atoms with Gasteiger partial charge in [-0.05, 0) is 63.5 Å². The predicted octanol–water partition coefficient (Wildman–Crippen LogP) is 2.56. The maximum absolute atomic E-state index is 12.0. The highest BCUT2D eigenvalue weighted by Crippen LogP contribution is 2.38. The van der Waals surface area contributed by atoms with Gasteiger partial charge in [-0.1, -0.05) is 20.3 Å². The molecule has 0 radical (unpaired) electrons. The van der Waals surface area contributed by atoms with E-state index in [-0.39, 0.29) is 11.9 Å². The van der Waals surface area contributed by atoms with Crippen LogP contribution in [0.5, 0.6) is 0 Å². The molecule has 4 nitrogen and oxygen atoms in total. The zero-order valence-corrected chi connectivity index (χ0v) is 13.9. The summed E-state index contributed by atoms with van der Waals surface area (Å²) in [5.41, 5.74) is 5.63. The Morgan fingerprint density at radius 1 is 1.33 bits per heavy atom. The van der Waals surface area contributed by atoms with E-state index in [1.807, 2.05) is 0 Å². The second-order valence-corrected chi connectivity index (χ2v) is 7.36. The van der Waals surface area contributed by atoms with Crippen LogP contribution >= 0.6 is 0 Å². The molecule has 2 N–H and O–H groups in total.